The van der Waals surface area contributed by atoms with Crippen LogP contribution in [-0.4, -0.2) is 4.98 Å². The number of nitrogens with one attached hydrogen (secondary N) is 1. The van der Waals surface area contributed by atoms with Crippen LogP contribution < -0.4 is 5.32 Å². The third-order valence-corrected chi connectivity index (χ3v) is 4.13. The highest BCUT2D eigenvalue weighted by Crippen LogP contribution is 2.34. The fourth-order valence-electron chi connectivity index (χ4n) is 1.41. The van der Waals surface area contributed by atoms with Crippen molar-refractivity contribution in [1.82, 2.24) is 4.98 Å². The van der Waals surface area contributed by atoms with Crippen LogP contribution in [0.3, 0.4) is 0 Å². The van der Waals surface area contributed by atoms with E-state index in [1.807, 2.05) is 6.92 Å². The van der Waals surface area contributed by atoms with Gasteiger partial charge in [0.15, 0.2) is 0 Å². The van der Waals surface area contributed by atoms with E-state index in [0.717, 1.165) is 4.88 Å². The summed E-state index contributed by atoms with van der Waals surface area (Å²) in [5.41, 5.74) is 2.46. The van der Waals surface area contributed by atoms with Crippen molar-refractivity contribution in [2.45, 2.75) is 13.0 Å². The number of aromatic nitrogens is 1. The lowest BCUT2D eigenvalue weighted by Gasteiger charge is -2.16. The minimum Gasteiger partial charge on any atom is -0.376 e. The zero-order chi connectivity index (χ0) is 12.4. The number of benzene rings is 1. The van der Waals surface area contributed by atoms with E-state index >= 15 is 0 Å². The van der Waals surface area contributed by atoms with E-state index in [9.17, 15) is 4.39 Å². The summed E-state index contributed by atoms with van der Waals surface area (Å²) in [7, 11) is 0. The van der Waals surface area contributed by atoms with Crippen molar-refractivity contribution in [2.24, 2.45) is 0 Å². The molecule has 1 aromatic carbocycles. The van der Waals surface area contributed by atoms with E-state index in [4.69, 9.17) is 11.6 Å². The highest BCUT2D eigenvalue weighted by atomic mass is 79.9. The SMILES string of the molecule is CC(Nc1c(Cl)cc(F)cc1Br)c1cncs1. The van der Waals surface area contributed by atoms with Gasteiger partial charge in [-0.15, -0.1) is 11.3 Å². The summed E-state index contributed by atoms with van der Waals surface area (Å²) in [6, 6.07) is 2.74. The number of nitrogens with zero attached hydrogens (tertiary/aromatic N) is 1. The molecular weight excluding hydrogens is 327 g/mol. The quantitative estimate of drug-likeness (QED) is 0.865. The van der Waals surface area contributed by atoms with Crippen LogP contribution >= 0.6 is 38.9 Å². The highest BCUT2D eigenvalue weighted by molar-refractivity contribution is 9.10. The van der Waals surface area contributed by atoms with Gasteiger partial charge in [0.05, 0.1) is 22.3 Å². The Bertz CT molecular complexity index is 495. The Labute approximate surface area is 116 Å². The van der Waals surface area contributed by atoms with Crippen LogP contribution in [0.5, 0.6) is 0 Å². The van der Waals surface area contributed by atoms with Crippen LogP contribution in [0.2, 0.25) is 5.02 Å². The minimum atomic E-state index is -0.363. The van der Waals surface area contributed by atoms with Crippen LogP contribution in [0, 0.1) is 5.82 Å². The van der Waals surface area contributed by atoms with E-state index in [2.05, 4.69) is 26.2 Å². The second-order valence-electron chi connectivity index (χ2n) is 3.51. The van der Waals surface area contributed by atoms with Crippen LogP contribution in [0.15, 0.2) is 28.3 Å². The Morgan fingerprint density at radius 2 is 2.29 bits per heavy atom. The van der Waals surface area contributed by atoms with E-state index in [-0.39, 0.29) is 11.9 Å². The molecule has 1 heterocycles. The van der Waals surface area contributed by atoms with E-state index in [1.165, 1.54) is 12.1 Å². The van der Waals surface area contributed by atoms with Crippen LogP contribution in [-0.2, 0) is 0 Å². The van der Waals surface area contributed by atoms with Gasteiger partial charge in [-0.05, 0) is 35.0 Å². The number of hydrogen-bond acceptors (Lipinski definition) is 3. The molecule has 0 radical (unpaired) electrons. The van der Waals surface area contributed by atoms with Crippen molar-refractivity contribution in [2.75, 3.05) is 5.32 Å². The maximum Gasteiger partial charge on any atom is 0.125 e. The summed E-state index contributed by atoms with van der Waals surface area (Å²) in [6.45, 7) is 2.00. The molecule has 1 N–H and O–H groups in total. The van der Waals surface area contributed by atoms with Crippen molar-refractivity contribution < 1.29 is 4.39 Å². The van der Waals surface area contributed by atoms with Gasteiger partial charge in [-0.3, -0.25) is 4.98 Å². The van der Waals surface area contributed by atoms with Gasteiger partial charge in [-0.2, -0.15) is 0 Å². The maximum atomic E-state index is 13.1. The minimum absolute atomic E-state index is 0.0711. The summed E-state index contributed by atoms with van der Waals surface area (Å²) >= 11 is 10.8. The topological polar surface area (TPSA) is 24.9 Å². The molecule has 2 aromatic rings. The Kier molecular flexibility index (Phi) is 4.01. The summed E-state index contributed by atoms with van der Waals surface area (Å²) in [4.78, 5) is 5.11. The zero-order valence-electron chi connectivity index (χ0n) is 8.88. The molecule has 6 heteroatoms. The normalized spacial score (nSPS) is 12.5. The van der Waals surface area contributed by atoms with Crippen LogP contribution in [0.25, 0.3) is 0 Å². The molecule has 0 saturated carbocycles. The Morgan fingerprint density at radius 1 is 1.53 bits per heavy atom. The first-order valence-corrected chi connectivity index (χ1v) is 6.92. The molecule has 0 aliphatic heterocycles. The highest BCUT2D eigenvalue weighted by Gasteiger charge is 2.13. The average Bonchev–Trinajstić information content (AvgIpc) is 2.76. The van der Waals surface area contributed by atoms with Gasteiger partial charge in [0.25, 0.3) is 0 Å². The van der Waals surface area contributed by atoms with Gasteiger partial charge in [-0.1, -0.05) is 11.6 Å². The monoisotopic (exact) mass is 334 g/mol. The third-order valence-electron chi connectivity index (χ3n) is 2.25. The molecule has 90 valence electrons. The fourth-order valence-corrected chi connectivity index (χ4v) is 2.96. The molecule has 1 unspecified atom stereocenters. The Hall–Kier alpha value is -0.650. The molecule has 0 aliphatic rings. The van der Waals surface area contributed by atoms with Crippen molar-refractivity contribution in [1.29, 1.82) is 0 Å². The van der Waals surface area contributed by atoms with E-state index in [1.54, 1.807) is 23.0 Å². The van der Waals surface area contributed by atoms with Crippen LogP contribution in [0.1, 0.15) is 17.8 Å². The second kappa shape index (κ2) is 5.33. The number of hydrogen-bond donors (Lipinski definition) is 1. The fraction of sp³-hybridized carbons (Fsp3) is 0.182. The summed E-state index contributed by atoms with van der Waals surface area (Å²) in [5.74, 6) is -0.363. The predicted octanol–water partition coefficient (Wildman–Crippen LogP) is 4.87. The van der Waals surface area contributed by atoms with Crippen LogP contribution in [0.4, 0.5) is 10.1 Å². The molecule has 0 fully saturated rings. The molecule has 2 nitrogen and oxygen atoms in total. The number of halogens is 3. The molecule has 1 aromatic heterocycles. The van der Waals surface area contributed by atoms with Gasteiger partial charge in [0.1, 0.15) is 5.82 Å². The lowest BCUT2D eigenvalue weighted by atomic mass is 10.2. The van der Waals surface area contributed by atoms with Crippen molar-refractivity contribution >= 4 is 44.6 Å². The van der Waals surface area contributed by atoms with Crippen molar-refractivity contribution in [3.8, 4) is 0 Å². The molecular formula is C11H9BrClFN2S. The summed E-state index contributed by atoms with van der Waals surface area (Å²) in [6.07, 6.45) is 1.80. The Balaban J connectivity index is 2.25. The zero-order valence-corrected chi connectivity index (χ0v) is 12.0. The molecule has 1 atom stereocenters. The number of anilines is 1. The molecule has 2 rings (SSSR count). The molecule has 17 heavy (non-hydrogen) atoms. The maximum absolute atomic E-state index is 13.1. The lowest BCUT2D eigenvalue weighted by molar-refractivity contribution is 0.627. The van der Waals surface area contributed by atoms with Crippen molar-refractivity contribution in [3.05, 3.63) is 44.0 Å². The lowest BCUT2D eigenvalue weighted by Crippen LogP contribution is -2.06. The summed E-state index contributed by atoms with van der Waals surface area (Å²) in [5, 5.41) is 3.59. The smallest absolute Gasteiger partial charge is 0.125 e. The molecule has 0 spiro atoms. The van der Waals surface area contributed by atoms with E-state index in [0.29, 0.717) is 15.2 Å². The van der Waals surface area contributed by atoms with Gasteiger partial charge < -0.3 is 5.32 Å². The molecule has 0 aliphatic carbocycles. The van der Waals surface area contributed by atoms with Gasteiger partial charge in [-0.25, -0.2) is 4.39 Å². The predicted molar refractivity (Wildman–Crippen MR) is 73.3 cm³/mol. The van der Waals surface area contributed by atoms with Gasteiger partial charge in [0.2, 0.25) is 0 Å². The first-order valence-electron chi connectivity index (χ1n) is 4.87. The average molecular weight is 336 g/mol. The summed E-state index contributed by atoms with van der Waals surface area (Å²) < 4.78 is 13.7. The second-order valence-corrected chi connectivity index (χ2v) is 5.69. The first-order chi connectivity index (χ1) is 8.08. The third kappa shape index (κ3) is 2.97. The molecule has 0 saturated heterocycles. The first kappa shape index (κ1) is 12.8. The number of thiazole rings is 1. The molecule has 0 amide bonds. The standard InChI is InChI=1S/C11H9BrClFN2S/c1-6(10-4-15-5-17-10)16-11-8(12)2-7(14)3-9(11)13/h2-6,16H,1H3. The van der Waals surface area contributed by atoms with Gasteiger partial charge in [0, 0.05) is 15.5 Å². The van der Waals surface area contributed by atoms with Crippen molar-refractivity contribution in [3.63, 3.8) is 0 Å². The Morgan fingerprint density at radius 3 is 2.88 bits per heavy atom. The largest absolute Gasteiger partial charge is 0.376 e. The van der Waals surface area contributed by atoms with E-state index < -0.39 is 0 Å². The number of rotatable bonds is 3. The van der Waals surface area contributed by atoms with Gasteiger partial charge >= 0.3 is 0 Å². The molecule has 0 bridgehead atoms.